The summed E-state index contributed by atoms with van der Waals surface area (Å²) in [5, 5.41) is 6.37. The largest absolute Gasteiger partial charge is 0.488 e. The molecule has 0 aliphatic carbocycles. The van der Waals surface area contributed by atoms with Crippen LogP contribution in [0.15, 0.2) is 66.7 Å². The minimum absolute atomic E-state index is 0.204. The molecule has 0 heterocycles. The lowest BCUT2D eigenvalue weighted by Crippen LogP contribution is -2.14. The predicted octanol–water partition coefficient (Wildman–Crippen LogP) is 5.78. The van der Waals surface area contributed by atoms with Gasteiger partial charge in [0.15, 0.2) is 0 Å². The van der Waals surface area contributed by atoms with E-state index in [0.29, 0.717) is 39.3 Å². The quantitative estimate of drug-likeness (QED) is 0.522. The Morgan fingerprint density at radius 2 is 1.66 bits per heavy atom. The van der Waals surface area contributed by atoms with E-state index >= 15 is 0 Å². The highest BCUT2D eigenvalue weighted by atomic mass is 35.5. The molecule has 0 atom stereocenters. The minimum atomic E-state index is -0.356. The lowest BCUT2D eigenvalue weighted by atomic mass is 10.1. The fourth-order valence-electron chi connectivity index (χ4n) is 2.61. The van der Waals surface area contributed by atoms with Crippen molar-refractivity contribution in [3.05, 3.63) is 87.9 Å². The molecule has 0 bridgehead atoms. The highest BCUT2D eigenvalue weighted by molar-refractivity contribution is 6.34. The molecule has 0 aromatic heterocycles. The summed E-state index contributed by atoms with van der Waals surface area (Å²) in [5.74, 6) is -0.110. The van der Waals surface area contributed by atoms with Crippen molar-refractivity contribution < 1.29 is 14.3 Å². The number of rotatable bonds is 6. The topological polar surface area (TPSA) is 67.4 Å². The Morgan fingerprint density at radius 3 is 2.34 bits per heavy atom. The fourth-order valence-corrected chi connectivity index (χ4v) is 2.96. The van der Waals surface area contributed by atoms with Gasteiger partial charge in [0, 0.05) is 17.6 Å². The number of ether oxygens (including phenoxy) is 1. The van der Waals surface area contributed by atoms with Gasteiger partial charge in [-0.05, 0) is 48.0 Å². The van der Waals surface area contributed by atoms with Crippen LogP contribution in [0.3, 0.4) is 0 Å². The van der Waals surface area contributed by atoms with Gasteiger partial charge < -0.3 is 15.4 Å². The van der Waals surface area contributed by atoms with E-state index in [1.165, 1.54) is 6.92 Å². The maximum Gasteiger partial charge on any atom is 0.259 e. The number of nitrogens with one attached hydrogen (secondary N) is 2. The molecule has 29 heavy (non-hydrogen) atoms. The van der Waals surface area contributed by atoms with Gasteiger partial charge >= 0.3 is 0 Å². The smallest absolute Gasteiger partial charge is 0.259 e. The molecule has 2 N–H and O–H groups in total. The maximum atomic E-state index is 12.8. The standard InChI is InChI=1S/C22H18Cl2N2O3/c1-14(27)25-17-10-11-20(19(24)12-17)26-22(28)18-4-2-3-5-21(18)29-13-15-6-8-16(23)9-7-15/h2-12H,13H2,1H3,(H,25,27)(H,26,28). The van der Waals surface area contributed by atoms with Crippen molar-refractivity contribution in [3.8, 4) is 5.75 Å². The number of amides is 2. The second-order valence-electron chi connectivity index (χ2n) is 6.24. The molecule has 148 valence electrons. The first-order valence-electron chi connectivity index (χ1n) is 8.77. The average Bonchev–Trinajstić information content (AvgIpc) is 2.69. The van der Waals surface area contributed by atoms with Gasteiger partial charge in [-0.3, -0.25) is 9.59 Å². The van der Waals surface area contributed by atoms with Crippen molar-refractivity contribution in [3.63, 3.8) is 0 Å². The maximum absolute atomic E-state index is 12.8. The van der Waals surface area contributed by atoms with Crippen LogP contribution in [0, 0.1) is 0 Å². The Kier molecular flexibility index (Phi) is 6.75. The summed E-state index contributed by atoms with van der Waals surface area (Å²) in [7, 11) is 0. The molecule has 3 aromatic rings. The molecule has 0 radical (unpaired) electrons. The molecule has 2 amide bonds. The van der Waals surface area contributed by atoms with Crippen LogP contribution in [0.2, 0.25) is 10.0 Å². The second-order valence-corrected chi connectivity index (χ2v) is 7.08. The average molecular weight is 429 g/mol. The zero-order valence-corrected chi connectivity index (χ0v) is 17.1. The van der Waals surface area contributed by atoms with Gasteiger partial charge in [0.25, 0.3) is 5.91 Å². The van der Waals surface area contributed by atoms with Gasteiger partial charge in [-0.2, -0.15) is 0 Å². The Balaban J connectivity index is 1.72. The summed E-state index contributed by atoms with van der Waals surface area (Å²) in [6.07, 6.45) is 0. The Hall–Kier alpha value is -3.02. The summed E-state index contributed by atoms with van der Waals surface area (Å²) >= 11 is 12.1. The third kappa shape index (κ3) is 5.73. The number of para-hydroxylation sites is 1. The molecule has 0 aliphatic rings. The number of anilines is 2. The molecule has 0 saturated heterocycles. The number of hydrogen-bond donors (Lipinski definition) is 2. The van der Waals surface area contributed by atoms with E-state index in [4.69, 9.17) is 27.9 Å². The first-order valence-corrected chi connectivity index (χ1v) is 9.53. The van der Waals surface area contributed by atoms with Crippen molar-refractivity contribution >= 4 is 46.4 Å². The molecule has 0 fully saturated rings. The van der Waals surface area contributed by atoms with E-state index in [0.717, 1.165) is 5.56 Å². The number of carbonyl (C=O) groups is 2. The Bertz CT molecular complexity index is 1040. The lowest BCUT2D eigenvalue weighted by Gasteiger charge is -2.13. The molecule has 0 unspecified atom stereocenters. The van der Waals surface area contributed by atoms with Gasteiger partial charge in [-0.15, -0.1) is 0 Å². The van der Waals surface area contributed by atoms with E-state index in [1.54, 1.807) is 54.6 Å². The van der Waals surface area contributed by atoms with Gasteiger partial charge in [0.2, 0.25) is 5.91 Å². The van der Waals surface area contributed by atoms with E-state index in [-0.39, 0.29) is 11.8 Å². The van der Waals surface area contributed by atoms with Gasteiger partial charge in [-0.1, -0.05) is 47.5 Å². The van der Waals surface area contributed by atoms with Crippen molar-refractivity contribution in [1.82, 2.24) is 0 Å². The Morgan fingerprint density at radius 1 is 0.931 bits per heavy atom. The lowest BCUT2D eigenvalue weighted by molar-refractivity contribution is -0.114. The van der Waals surface area contributed by atoms with Crippen LogP contribution >= 0.6 is 23.2 Å². The van der Waals surface area contributed by atoms with Crippen LogP contribution in [-0.4, -0.2) is 11.8 Å². The van der Waals surface area contributed by atoms with Gasteiger partial charge in [0.05, 0.1) is 16.3 Å². The van der Waals surface area contributed by atoms with Crippen LogP contribution in [0.5, 0.6) is 5.75 Å². The first-order chi connectivity index (χ1) is 13.9. The van der Waals surface area contributed by atoms with E-state index in [2.05, 4.69) is 10.6 Å². The molecule has 3 aromatic carbocycles. The normalized spacial score (nSPS) is 10.3. The fraction of sp³-hybridized carbons (Fsp3) is 0.0909. The van der Waals surface area contributed by atoms with Crippen LogP contribution in [-0.2, 0) is 11.4 Å². The molecule has 7 heteroatoms. The third-order valence-corrected chi connectivity index (χ3v) is 4.54. The number of benzene rings is 3. The van der Waals surface area contributed by atoms with E-state index in [1.807, 2.05) is 12.1 Å². The molecule has 5 nitrogen and oxygen atoms in total. The van der Waals surface area contributed by atoms with Crippen molar-refractivity contribution in [2.45, 2.75) is 13.5 Å². The van der Waals surface area contributed by atoms with E-state index < -0.39 is 0 Å². The van der Waals surface area contributed by atoms with Crippen molar-refractivity contribution in [2.75, 3.05) is 10.6 Å². The van der Waals surface area contributed by atoms with Crippen LogP contribution in [0.4, 0.5) is 11.4 Å². The predicted molar refractivity (Wildman–Crippen MR) is 116 cm³/mol. The Labute approximate surface area is 178 Å². The summed E-state index contributed by atoms with van der Waals surface area (Å²) in [5.41, 5.74) is 2.29. The van der Waals surface area contributed by atoms with Crippen molar-refractivity contribution in [2.24, 2.45) is 0 Å². The number of halogens is 2. The zero-order chi connectivity index (χ0) is 20.8. The van der Waals surface area contributed by atoms with Crippen LogP contribution < -0.4 is 15.4 Å². The SMILES string of the molecule is CC(=O)Nc1ccc(NC(=O)c2ccccc2OCc2ccc(Cl)cc2)c(Cl)c1. The highest BCUT2D eigenvalue weighted by Crippen LogP contribution is 2.27. The zero-order valence-electron chi connectivity index (χ0n) is 15.5. The highest BCUT2D eigenvalue weighted by Gasteiger charge is 2.14. The summed E-state index contributed by atoms with van der Waals surface area (Å²) in [4.78, 5) is 23.9. The molecule has 0 aliphatic heterocycles. The van der Waals surface area contributed by atoms with Gasteiger partial charge in [0.1, 0.15) is 12.4 Å². The number of carbonyl (C=O) groups excluding carboxylic acids is 2. The van der Waals surface area contributed by atoms with E-state index in [9.17, 15) is 9.59 Å². The molecular weight excluding hydrogens is 411 g/mol. The molecule has 0 saturated carbocycles. The second kappa shape index (κ2) is 9.45. The molecule has 0 spiro atoms. The van der Waals surface area contributed by atoms with Crippen molar-refractivity contribution in [1.29, 1.82) is 0 Å². The van der Waals surface area contributed by atoms with Crippen LogP contribution in [0.25, 0.3) is 0 Å². The summed E-state index contributed by atoms with van der Waals surface area (Å²) in [6.45, 7) is 1.71. The van der Waals surface area contributed by atoms with Crippen LogP contribution in [0.1, 0.15) is 22.8 Å². The van der Waals surface area contributed by atoms with Gasteiger partial charge in [-0.25, -0.2) is 0 Å². The first kappa shape index (κ1) is 20.7. The molecule has 3 rings (SSSR count). The molecular formula is C22H18Cl2N2O3. The summed E-state index contributed by atoms with van der Waals surface area (Å²) < 4.78 is 5.83. The monoisotopic (exact) mass is 428 g/mol. The number of hydrogen-bond acceptors (Lipinski definition) is 3. The third-order valence-electron chi connectivity index (χ3n) is 3.98. The minimum Gasteiger partial charge on any atom is -0.488 e. The summed E-state index contributed by atoms with van der Waals surface area (Å²) in [6, 6.07) is 19.1.